The Morgan fingerprint density at radius 3 is 2.59 bits per heavy atom. The highest BCUT2D eigenvalue weighted by molar-refractivity contribution is 6.02. The van der Waals surface area contributed by atoms with E-state index in [-0.39, 0.29) is 17.9 Å². The maximum absolute atomic E-state index is 13.1. The minimum atomic E-state index is -0.180. The quantitative estimate of drug-likeness (QED) is 0.892. The zero-order valence-electron chi connectivity index (χ0n) is 15.9. The lowest BCUT2D eigenvalue weighted by atomic mass is 10.2. The zero-order valence-corrected chi connectivity index (χ0v) is 15.9. The summed E-state index contributed by atoms with van der Waals surface area (Å²) in [5.41, 5.74) is 1.03. The maximum Gasteiger partial charge on any atom is 0.290 e. The molecule has 1 aliphatic heterocycles. The Labute approximate surface area is 159 Å². The van der Waals surface area contributed by atoms with Crippen molar-refractivity contribution >= 4 is 17.3 Å². The van der Waals surface area contributed by atoms with Crippen molar-refractivity contribution in [3.8, 4) is 0 Å². The van der Waals surface area contributed by atoms with E-state index in [2.05, 4.69) is 22.1 Å². The van der Waals surface area contributed by atoms with E-state index in [0.29, 0.717) is 30.1 Å². The Kier molecular flexibility index (Phi) is 5.11. The molecule has 1 N–H and O–H groups in total. The molecule has 7 heteroatoms. The molecule has 2 aromatic rings. The number of rotatable bonds is 4. The van der Waals surface area contributed by atoms with Crippen LogP contribution in [-0.2, 0) is 0 Å². The van der Waals surface area contributed by atoms with Crippen LogP contribution < -0.4 is 5.32 Å². The smallest absolute Gasteiger partial charge is 0.290 e. The first-order valence-electron chi connectivity index (χ1n) is 9.97. The van der Waals surface area contributed by atoms with Crippen molar-refractivity contribution < 1.29 is 9.59 Å². The van der Waals surface area contributed by atoms with Crippen LogP contribution in [0.3, 0.4) is 0 Å². The monoisotopic (exact) mass is 369 g/mol. The second-order valence-corrected chi connectivity index (χ2v) is 7.42. The summed E-state index contributed by atoms with van der Waals surface area (Å²) in [6.45, 7) is 6.27. The molecule has 2 aromatic heterocycles. The first-order chi connectivity index (χ1) is 13.2. The Morgan fingerprint density at radius 2 is 1.89 bits per heavy atom. The predicted octanol–water partition coefficient (Wildman–Crippen LogP) is 1.78. The van der Waals surface area contributed by atoms with Crippen LogP contribution in [0.15, 0.2) is 24.4 Å². The van der Waals surface area contributed by atoms with Crippen LogP contribution >= 0.6 is 0 Å². The molecule has 0 spiro atoms. The second kappa shape index (κ2) is 7.68. The molecule has 7 nitrogen and oxygen atoms in total. The number of amides is 2. The number of imidazole rings is 1. The van der Waals surface area contributed by atoms with Crippen LogP contribution in [0.25, 0.3) is 5.52 Å². The molecule has 0 bridgehead atoms. The molecule has 2 amide bonds. The summed E-state index contributed by atoms with van der Waals surface area (Å²) in [6.07, 6.45) is 6.16. The molecule has 0 unspecified atom stereocenters. The molecule has 1 aliphatic carbocycles. The van der Waals surface area contributed by atoms with Crippen LogP contribution in [-0.4, -0.2) is 69.8 Å². The third kappa shape index (κ3) is 3.56. The molecule has 0 radical (unpaired) electrons. The number of piperazine rings is 1. The van der Waals surface area contributed by atoms with Gasteiger partial charge >= 0.3 is 0 Å². The summed E-state index contributed by atoms with van der Waals surface area (Å²) in [5.74, 6) is 0.0412. The van der Waals surface area contributed by atoms with Crippen LogP contribution in [0, 0.1) is 0 Å². The fourth-order valence-corrected chi connectivity index (χ4v) is 4.09. The Balaban J connectivity index is 1.59. The number of pyridine rings is 1. The lowest BCUT2D eigenvalue weighted by molar-refractivity contribution is 0.0630. The summed E-state index contributed by atoms with van der Waals surface area (Å²) >= 11 is 0. The van der Waals surface area contributed by atoms with Gasteiger partial charge in [-0.1, -0.05) is 25.8 Å². The molecule has 0 atom stereocenters. The van der Waals surface area contributed by atoms with Gasteiger partial charge in [-0.05, 0) is 31.5 Å². The van der Waals surface area contributed by atoms with E-state index >= 15 is 0 Å². The molecule has 0 aromatic carbocycles. The highest BCUT2D eigenvalue weighted by atomic mass is 16.2. The zero-order chi connectivity index (χ0) is 18.8. The fourth-order valence-electron chi connectivity index (χ4n) is 4.09. The summed E-state index contributed by atoms with van der Waals surface area (Å²) < 4.78 is 1.75. The number of hydrogen-bond acceptors (Lipinski definition) is 4. The molecule has 2 aliphatic rings. The van der Waals surface area contributed by atoms with Gasteiger partial charge in [-0.15, -0.1) is 0 Å². The van der Waals surface area contributed by atoms with Crippen LogP contribution in [0.5, 0.6) is 0 Å². The molecule has 3 heterocycles. The van der Waals surface area contributed by atoms with Gasteiger partial charge in [0, 0.05) is 38.4 Å². The topological polar surface area (TPSA) is 69.9 Å². The third-order valence-corrected chi connectivity index (χ3v) is 5.75. The van der Waals surface area contributed by atoms with E-state index in [4.69, 9.17) is 0 Å². The number of hydrogen-bond donors (Lipinski definition) is 1. The minimum absolute atomic E-state index is 0.105. The standard InChI is InChI=1S/C20H27N5O2/c1-2-23-11-13-24(14-12-23)20(27)18-22-17(16-9-5-6-10-25(16)18)19(26)21-15-7-3-4-8-15/h5-6,9-10,15H,2-4,7-8,11-14H2,1H3,(H,21,26). The van der Waals surface area contributed by atoms with E-state index in [1.165, 1.54) is 0 Å². The maximum atomic E-state index is 13.1. The normalized spacial score (nSPS) is 18.9. The largest absolute Gasteiger partial charge is 0.348 e. The molecule has 1 saturated carbocycles. The molecule has 144 valence electrons. The summed E-state index contributed by atoms with van der Waals surface area (Å²) in [4.78, 5) is 34.5. The molecular formula is C20H27N5O2. The van der Waals surface area contributed by atoms with Crippen molar-refractivity contribution in [1.29, 1.82) is 0 Å². The fraction of sp³-hybridized carbons (Fsp3) is 0.550. The third-order valence-electron chi connectivity index (χ3n) is 5.75. The van der Waals surface area contributed by atoms with Crippen molar-refractivity contribution in [3.05, 3.63) is 35.9 Å². The number of nitrogens with zero attached hydrogens (tertiary/aromatic N) is 4. The minimum Gasteiger partial charge on any atom is -0.348 e. The molecule has 4 rings (SSSR count). The summed E-state index contributed by atoms with van der Waals surface area (Å²) in [7, 11) is 0. The molecule has 2 fully saturated rings. The van der Waals surface area contributed by atoms with Crippen LogP contribution in [0.2, 0.25) is 0 Å². The number of fused-ring (bicyclic) bond motifs is 1. The van der Waals surface area contributed by atoms with Gasteiger partial charge in [0.2, 0.25) is 5.82 Å². The van der Waals surface area contributed by atoms with Gasteiger partial charge in [-0.25, -0.2) is 4.98 Å². The van der Waals surface area contributed by atoms with E-state index in [1.54, 1.807) is 4.40 Å². The van der Waals surface area contributed by atoms with E-state index in [0.717, 1.165) is 45.3 Å². The van der Waals surface area contributed by atoms with Gasteiger partial charge in [-0.2, -0.15) is 0 Å². The second-order valence-electron chi connectivity index (χ2n) is 7.42. The number of nitrogens with one attached hydrogen (secondary N) is 1. The molecule has 1 saturated heterocycles. The van der Waals surface area contributed by atoms with Gasteiger partial charge in [0.05, 0.1) is 5.52 Å². The first-order valence-corrected chi connectivity index (χ1v) is 9.97. The summed E-state index contributed by atoms with van der Waals surface area (Å²) in [5, 5.41) is 3.09. The lowest BCUT2D eigenvalue weighted by Gasteiger charge is -2.33. The predicted molar refractivity (Wildman–Crippen MR) is 103 cm³/mol. The van der Waals surface area contributed by atoms with Crippen molar-refractivity contribution in [2.75, 3.05) is 32.7 Å². The van der Waals surface area contributed by atoms with Gasteiger partial charge in [0.15, 0.2) is 5.69 Å². The average Bonchev–Trinajstić information content (AvgIpc) is 3.35. The van der Waals surface area contributed by atoms with Crippen molar-refractivity contribution in [1.82, 2.24) is 24.5 Å². The first kappa shape index (κ1) is 18.0. The van der Waals surface area contributed by atoms with E-state index in [1.807, 2.05) is 29.3 Å². The number of aromatic nitrogens is 2. The SMILES string of the molecule is CCN1CCN(C(=O)c2nc(C(=O)NC3CCCC3)c3ccccn23)CC1. The van der Waals surface area contributed by atoms with Gasteiger partial charge in [-0.3, -0.25) is 14.0 Å². The van der Waals surface area contributed by atoms with Gasteiger partial charge < -0.3 is 15.1 Å². The Bertz CT molecular complexity index is 832. The van der Waals surface area contributed by atoms with Crippen molar-refractivity contribution in [2.45, 2.75) is 38.6 Å². The van der Waals surface area contributed by atoms with E-state index in [9.17, 15) is 9.59 Å². The Hall–Kier alpha value is -2.41. The summed E-state index contributed by atoms with van der Waals surface area (Å²) in [6, 6.07) is 5.80. The molecular weight excluding hydrogens is 342 g/mol. The van der Waals surface area contributed by atoms with Gasteiger partial charge in [0.25, 0.3) is 11.8 Å². The Morgan fingerprint density at radius 1 is 1.15 bits per heavy atom. The van der Waals surface area contributed by atoms with Crippen molar-refractivity contribution in [2.24, 2.45) is 0 Å². The van der Waals surface area contributed by atoms with E-state index < -0.39 is 0 Å². The number of carbonyl (C=O) groups is 2. The lowest BCUT2D eigenvalue weighted by Crippen LogP contribution is -2.48. The van der Waals surface area contributed by atoms with Gasteiger partial charge in [0.1, 0.15) is 0 Å². The van der Waals surface area contributed by atoms with Crippen LogP contribution in [0.1, 0.15) is 53.7 Å². The highest BCUT2D eigenvalue weighted by Crippen LogP contribution is 2.20. The number of carbonyl (C=O) groups excluding carboxylic acids is 2. The van der Waals surface area contributed by atoms with Crippen molar-refractivity contribution in [3.63, 3.8) is 0 Å². The number of likely N-dealkylation sites (N-methyl/N-ethyl adjacent to an activating group) is 1. The van der Waals surface area contributed by atoms with Crippen LogP contribution in [0.4, 0.5) is 0 Å². The molecule has 27 heavy (non-hydrogen) atoms. The highest BCUT2D eigenvalue weighted by Gasteiger charge is 2.28. The average molecular weight is 369 g/mol.